The molecule has 1 aliphatic carbocycles. The highest BCUT2D eigenvalue weighted by atomic mass is 32.2. The Balaban J connectivity index is 1.60. The second-order valence-corrected chi connectivity index (χ2v) is 8.85. The minimum atomic E-state index is -3.07. The molecule has 3 fully saturated rings. The Kier molecular flexibility index (Phi) is 3.74. The molecule has 0 radical (unpaired) electrons. The van der Waals surface area contributed by atoms with Crippen LogP contribution in [0.2, 0.25) is 0 Å². The highest BCUT2D eigenvalue weighted by Gasteiger charge is 2.52. The summed E-state index contributed by atoms with van der Waals surface area (Å²) in [5, 5.41) is 2.62. The number of rotatable bonds is 3. The summed E-state index contributed by atoms with van der Waals surface area (Å²) in [5.41, 5.74) is -0.575. The Labute approximate surface area is 129 Å². The maximum Gasteiger partial charge on any atom is 0.240 e. The third-order valence-electron chi connectivity index (χ3n) is 4.95. The third kappa shape index (κ3) is 2.76. The zero-order valence-corrected chi connectivity index (χ0v) is 13.2. The SMILES string of the molecule is O=C(CN1C(=O)CC2(CCCC2)C1=O)NC1CCS(=O)(=O)C1. The lowest BCUT2D eigenvalue weighted by Crippen LogP contribution is -2.45. The van der Waals surface area contributed by atoms with Crippen molar-refractivity contribution in [3.8, 4) is 0 Å². The van der Waals surface area contributed by atoms with Crippen molar-refractivity contribution in [2.75, 3.05) is 18.1 Å². The van der Waals surface area contributed by atoms with Gasteiger partial charge in [-0.3, -0.25) is 19.3 Å². The Hall–Kier alpha value is -1.44. The predicted molar refractivity (Wildman–Crippen MR) is 77.4 cm³/mol. The smallest absolute Gasteiger partial charge is 0.240 e. The number of hydrogen-bond acceptors (Lipinski definition) is 5. The molecule has 0 aromatic carbocycles. The molecule has 1 unspecified atom stereocenters. The van der Waals surface area contributed by atoms with Gasteiger partial charge in [0.1, 0.15) is 6.54 Å². The molecule has 2 aliphatic heterocycles. The van der Waals surface area contributed by atoms with E-state index in [1.54, 1.807) is 0 Å². The highest BCUT2D eigenvalue weighted by Crippen LogP contribution is 2.46. The van der Waals surface area contributed by atoms with Crippen molar-refractivity contribution in [3.05, 3.63) is 0 Å². The first kappa shape index (κ1) is 15.5. The van der Waals surface area contributed by atoms with Gasteiger partial charge in [-0.05, 0) is 19.3 Å². The fraction of sp³-hybridized carbons (Fsp3) is 0.786. The fourth-order valence-electron chi connectivity index (χ4n) is 3.79. The van der Waals surface area contributed by atoms with Crippen molar-refractivity contribution in [2.24, 2.45) is 5.41 Å². The predicted octanol–water partition coefficient (Wildman–Crippen LogP) is -0.391. The molecule has 1 N–H and O–H groups in total. The third-order valence-corrected chi connectivity index (χ3v) is 6.72. The van der Waals surface area contributed by atoms with E-state index in [9.17, 15) is 22.8 Å². The molecule has 22 heavy (non-hydrogen) atoms. The van der Waals surface area contributed by atoms with Crippen LogP contribution in [0.5, 0.6) is 0 Å². The normalized spacial score (nSPS) is 29.5. The van der Waals surface area contributed by atoms with E-state index in [1.807, 2.05) is 0 Å². The van der Waals surface area contributed by atoms with Crippen LogP contribution in [-0.4, -0.2) is 55.1 Å². The van der Waals surface area contributed by atoms with Crippen LogP contribution in [0.3, 0.4) is 0 Å². The van der Waals surface area contributed by atoms with Crippen LogP contribution < -0.4 is 5.32 Å². The molecule has 8 heteroatoms. The summed E-state index contributed by atoms with van der Waals surface area (Å²) in [7, 11) is -3.07. The van der Waals surface area contributed by atoms with Crippen LogP contribution in [0.25, 0.3) is 0 Å². The minimum absolute atomic E-state index is 0.0649. The summed E-state index contributed by atoms with van der Waals surface area (Å²) in [6.07, 6.45) is 3.92. The van der Waals surface area contributed by atoms with Crippen LogP contribution in [-0.2, 0) is 24.2 Å². The topological polar surface area (TPSA) is 101 Å². The number of carbonyl (C=O) groups excluding carboxylic acids is 3. The van der Waals surface area contributed by atoms with E-state index in [1.165, 1.54) is 0 Å². The maximum absolute atomic E-state index is 12.4. The van der Waals surface area contributed by atoms with Gasteiger partial charge in [-0.15, -0.1) is 0 Å². The van der Waals surface area contributed by atoms with Crippen molar-refractivity contribution >= 4 is 27.6 Å². The standard InChI is InChI=1S/C14H20N2O5S/c17-11(15-10-3-6-22(20,21)9-10)8-16-12(18)7-14(13(16)19)4-1-2-5-14/h10H,1-9H2,(H,15,17). The average Bonchev–Trinajstić information content (AvgIpc) is 3.07. The minimum Gasteiger partial charge on any atom is -0.351 e. The van der Waals surface area contributed by atoms with Crippen molar-refractivity contribution in [3.63, 3.8) is 0 Å². The summed E-state index contributed by atoms with van der Waals surface area (Å²) in [6, 6.07) is -0.411. The second kappa shape index (κ2) is 5.33. The van der Waals surface area contributed by atoms with Gasteiger partial charge < -0.3 is 5.32 Å². The number of nitrogens with zero attached hydrogens (tertiary/aromatic N) is 1. The number of imide groups is 1. The first-order valence-corrected chi connectivity index (χ1v) is 9.48. The summed E-state index contributed by atoms with van der Waals surface area (Å²) < 4.78 is 22.7. The lowest BCUT2D eigenvalue weighted by atomic mass is 9.84. The number of nitrogens with one attached hydrogen (secondary N) is 1. The van der Waals surface area contributed by atoms with E-state index < -0.39 is 27.2 Å². The van der Waals surface area contributed by atoms with Gasteiger partial charge >= 0.3 is 0 Å². The number of likely N-dealkylation sites (tertiary alicyclic amines) is 1. The van der Waals surface area contributed by atoms with Crippen LogP contribution in [0.4, 0.5) is 0 Å². The molecule has 122 valence electrons. The lowest BCUT2D eigenvalue weighted by molar-refractivity contribution is -0.144. The molecule has 1 atom stereocenters. The van der Waals surface area contributed by atoms with E-state index >= 15 is 0 Å². The van der Waals surface area contributed by atoms with Crippen LogP contribution in [0.15, 0.2) is 0 Å². The molecule has 3 aliphatic rings. The Morgan fingerprint density at radius 3 is 2.55 bits per heavy atom. The van der Waals surface area contributed by atoms with Crippen molar-refractivity contribution in [2.45, 2.75) is 44.6 Å². The van der Waals surface area contributed by atoms with Crippen LogP contribution in [0, 0.1) is 5.41 Å². The second-order valence-electron chi connectivity index (χ2n) is 6.62. The van der Waals surface area contributed by atoms with Gasteiger partial charge in [0, 0.05) is 12.5 Å². The quantitative estimate of drug-likeness (QED) is 0.711. The highest BCUT2D eigenvalue weighted by molar-refractivity contribution is 7.91. The first-order valence-electron chi connectivity index (χ1n) is 7.66. The van der Waals surface area contributed by atoms with Crippen LogP contribution in [0.1, 0.15) is 38.5 Å². The molecule has 3 amide bonds. The van der Waals surface area contributed by atoms with Gasteiger partial charge in [0.15, 0.2) is 9.84 Å². The summed E-state index contributed by atoms with van der Waals surface area (Å²) in [4.78, 5) is 37.5. The van der Waals surface area contributed by atoms with Crippen molar-refractivity contribution in [1.29, 1.82) is 0 Å². The largest absolute Gasteiger partial charge is 0.351 e. The Morgan fingerprint density at radius 1 is 1.27 bits per heavy atom. The molecule has 3 rings (SSSR count). The zero-order chi connectivity index (χ0) is 16.0. The number of hydrogen-bond donors (Lipinski definition) is 1. The molecular weight excluding hydrogens is 308 g/mol. The van der Waals surface area contributed by atoms with Gasteiger partial charge in [0.05, 0.1) is 16.9 Å². The lowest BCUT2D eigenvalue weighted by Gasteiger charge is -2.21. The van der Waals surface area contributed by atoms with E-state index in [-0.39, 0.29) is 36.3 Å². The number of carbonyl (C=O) groups is 3. The fourth-order valence-corrected chi connectivity index (χ4v) is 5.46. The molecule has 2 saturated heterocycles. The van der Waals surface area contributed by atoms with Gasteiger partial charge in [0.25, 0.3) is 0 Å². The first-order chi connectivity index (χ1) is 10.3. The molecule has 1 saturated carbocycles. The molecule has 0 bridgehead atoms. The van der Waals surface area contributed by atoms with Gasteiger partial charge in [-0.1, -0.05) is 12.8 Å². The number of sulfone groups is 1. The average molecular weight is 328 g/mol. The monoisotopic (exact) mass is 328 g/mol. The Morgan fingerprint density at radius 2 is 1.95 bits per heavy atom. The summed E-state index contributed by atoms with van der Waals surface area (Å²) >= 11 is 0. The molecule has 0 aromatic heterocycles. The van der Waals surface area contributed by atoms with Crippen LogP contribution >= 0.6 is 0 Å². The molecule has 7 nitrogen and oxygen atoms in total. The molecular formula is C14H20N2O5S. The maximum atomic E-state index is 12.4. The molecule has 1 spiro atoms. The molecule has 2 heterocycles. The van der Waals surface area contributed by atoms with E-state index in [2.05, 4.69) is 5.32 Å². The van der Waals surface area contributed by atoms with Crippen molar-refractivity contribution in [1.82, 2.24) is 10.2 Å². The summed E-state index contributed by atoms with van der Waals surface area (Å²) in [6.45, 7) is -0.296. The van der Waals surface area contributed by atoms with E-state index in [0.717, 1.165) is 30.6 Å². The number of amides is 3. The van der Waals surface area contributed by atoms with Crippen molar-refractivity contribution < 1.29 is 22.8 Å². The molecule has 0 aromatic rings. The van der Waals surface area contributed by atoms with E-state index in [0.29, 0.717) is 6.42 Å². The van der Waals surface area contributed by atoms with Gasteiger partial charge in [0.2, 0.25) is 17.7 Å². The van der Waals surface area contributed by atoms with E-state index in [4.69, 9.17) is 0 Å². The summed E-state index contributed by atoms with van der Waals surface area (Å²) in [5.74, 6) is -0.975. The Bertz CT molecular complexity index is 621. The zero-order valence-electron chi connectivity index (χ0n) is 12.3. The van der Waals surface area contributed by atoms with Gasteiger partial charge in [-0.25, -0.2) is 8.42 Å². The van der Waals surface area contributed by atoms with Gasteiger partial charge in [-0.2, -0.15) is 0 Å².